The number of carbonyl (C=O) groups excluding carboxylic acids is 3. The first-order valence-corrected chi connectivity index (χ1v) is 10.0. The monoisotopic (exact) mass is 404 g/mol. The molecule has 1 unspecified atom stereocenters. The number of H-pyrrole nitrogens is 1. The maximum Gasteiger partial charge on any atom is 0.270 e. The third kappa shape index (κ3) is 4.35. The fraction of sp³-hybridized carbons (Fsp3) is 0.261. The first kappa shape index (κ1) is 19.7. The molecule has 0 aliphatic carbocycles. The van der Waals surface area contributed by atoms with Gasteiger partial charge in [0.2, 0.25) is 11.8 Å². The lowest BCUT2D eigenvalue weighted by Crippen LogP contribution is -2.43. The highest BCUT2D eigenvalue weighted by atomic mass is 16.2. The van der Waals surface area contributed by atoms with Crippen molar-refractivity contribution in [2.45, 2.75) is 19.8 Å². The van der Waals surface area contributed by atoms with Crippen molar-refractivity contribution < 1.29 is 14.4 Å². The van der Waals surface area contributed by atoms with E-state index in [0.29, 0.717) is 30.2 Å². The summed E-state index contributed by atoms with van der Waals surface area (Å²) in [6.07, 6.45) is 1.53. The first-order valence-electron chi connectivity index (χ1n) is 10.0. The Morgan fingerprint density at radius 2 is 1.70 bits per heavy atom. The molecule has 7 nitrogen and oxygen atoms in total. The number of fused-ring (bicyclic) bond motifs is 1. The highest BCUT2D eigenvalue weighted by molar-refractivity contribution is 5.99. The number of rotatable bonds is 4. The minimum atomic E-state index is -0.262. The summed E-state index contributed by atoms with van der Waals surface area (Å²) < 4.78 is 0. The average Bonchev–Trinajstić information content (AvgIpc) is 3.18. The Morgan fingerprint density at radius 3 is 2.40 bits per heavy atom. The average molecular weight is 404 g/mol. The standard InChI is InChI=1S/C23H24N4O3/c1-15(28)24-18-8-10-19(11-9-18)25-22(29)17-6-4-12-27(14-17)23(30)21-13-16-5-2-3-7-20(16)26-21/h2-3,5,7-11,13,17,26H,4,6,12,14H2,1H3,(H,24,28)(H,25,29). The van der Waals surface area contributed by atoms with Gasteiger partial charge in [-0.05, 0) is 49.2 Å². The van der Waals surface area contributed by atoms with E-state index in [1.54, 1.807) is 29.2 Å². The van der Waals surface area contributed by atoms with Crippen LogP contribution in [0.1, 0.15) is 30.3 Å². The zero-order chi connectivity index (χ0) is 21.1. The zero-order valence-electron chi connectivity index (χ0n) is 16.8. The van der Waals surface area contributed by atoms with Gasteiger partial charge in [-0.2, -0.15) is 0 Å². The Bertz CT molecular complexity index is 1050. The molecule has 2 heterocycles. The fourth-order valence-electron chi connectivity index (χ4n) is 3.82. The maximum absolute atomic E-state index is 12.9. The molecule has 2 aromatic carbocycles. The molecule has 30 heavy (non-hydrogen) atoms. The summed E-state index contributed by atoms with van der Waals surface area (Å²) in [5.41, 5.74) is 2.81. The quantitative estimate of drug-likeness (QED) is 0.620. The molecule has 3 aromatic rings. The number of aromatic nitrogens is 1. The minimum Gasteiger partial charge on any atom is -0.351 e. The lowest BCUT2D eigenvalue weighted by molar-refractivity contribution is -0.121. The van der Waals surface area contributed by atoms with Crippen LogP contribution in [0.25, 0.3) is 10.9 Å². The smallest absolute Gasteiger partial charge is 0.270 e. The Labute approximate surface area is 174 Å². The number of aromatic amines is 1. The summed E-state index contributed by atoms with van der Waals surface area (Å²) >= 11 is 0. The highest BCUT2D eigenvalue weighted by Crippen LogP contribution is 2.23. The molecule has 0 saturated carbocycles. The minimum absolute atomic E-state index is 0.0802. The molecule has 1 aliphatic heterocycles. The normalized spacial score (nSPS) is 16.3. The van der Waals surface area contributed by atoms with Crippen LogP contribution in [0.4, 0.5) is 11.4 Å². The van der Waals surface area contributed by atoms with Gasteiger partial charge in [0, 0.05) is 42.3 Å². The molecular weight excluding hydrogens is 380 g/mol. The second kappa shape index (κ2) is 8.41. The van der Waals surface area contributed by atoms with E-state index in [1.807, 2.05) is 30.3 Å². The van der Waals surface area contributed by atoms with Crippen LogP contribution in [0.2, 0.25) is 0 Å². The molecule has 7 heteroatoms. The second-order valence-electron chi connectivity index (χ2n) is 7.61. The molecule has 3 amide bonds. The Morgan fingerprint density at radius 1 is 1.00 bits per heavy atom. The molecule has 0 radical (unpaired) electrons. The van der Waals surface area contributed by atoms with Crippen molar-refractivity contribution in [2.75, 3.05) is 23.7 Å². The summed E-state index contributed by atoms with van der Waals surface area (Å²) in [6, 6.07) is 16.6. The van der Waals surface area contributed by atoms with E-state index in [2.05, 4.69) is 15.6 Å². The third-order valence-electron chi connectivity index (χ3n) is 5.31. The number of para-hydroxylation sites is 1. The molecule has 0 bridgehead atoms. The summed E-state index contributed by atoms with van der Waals surface area (Å²) in [5, 5.41) is 6.60. The molecule has 4 rings (SSSR count). The van der Waals surface area contributed by atoms with Gasteiger partial charge in [0.05, 0.1) is 5.92 Å². The van der Waals surface area contributed by atoms with Gasteiger partial charge >= 0.3 is 0 Å². The lowest BCUT2D eigenvalue weighted by Gasteiger charge is -2.31. The van der Waals surface area contributed by atoms with Crippen molar-refractivity contribution >= 4 is 40.0 Å². The number of piperidine rings is 1. The molecule has 0 spiro atoms. The van der Waals surface area contributed by atoms with E-state index in [1.165, 1.54) is 6.92 Å². The summed E-state index contributed by atoms with van der Waals surface area (Å²) in [7, 11) is 0. The Balaban J connectivity index is 1.39. The van der Waals surface area contributed by atoms with Crippen LogP contribution in [0.3, 0.4) is 0 Å². The van der Waals surface area contributed by atoms with E-state index < -0.39 is 0 Å². The number of amides is 3. The molecule has 1 aliphatic rings. The van der Waals surface area contributed by atoms with Gasteiger partial charge in [0.25, 0.3) is 5.91 Å². The predicted molar refractivity (Wildman–Crippen MR) is 116 cm³/mol. The second-order valence-corrected chi connectivity index (χ2v) is 7.61. The van der Waals surface area contributed by atoms with Gasteiger partial charge in [-0.15, -0.1) is 0 Å². The van der Waals surface area contributed by atoms with E-state index in [-0.39, 0.29) is 23.6 Å². The van der Waals surface area contributed by atoms with Crippen molar-refractivity contribution in [3.8, 4) is 0 Å². The van der Waals surface area contributed by atoms with E-state index in [4.69, 9.17) is 0 Å². The van der Waals surface area contributed by atoms with Crippen LogP contribution >= 0.6 is 0 Å². The number of benzene rings is 2. The van der Waals surface area contributed by atoms with Crippen LogP contribution < -0.4 is 10.6 Å². The molecule has 1 saturated heterocycles. The van der Waals surface area contributed by atoms with Crippen LogP contribution in [-0.2, 0) is 9.59 Å². The number of hydrogen-bond acceptors (Lipinski definition) is 3. The Kier molecular flexibility index (Phi) is 5.52. The SMILES string of the molecule is CC(=O)Nc1ccc(NC(=O)C2CCCN(C(=O)c3cc4ccccc4[nH]3)C2)cc1. The third-order valence-corrected chi connectivity index (χ3v) is 5.31. The molecule has 1 fully saturated rings. The predicted octanol–water partition coefficient (Wildman–Crippen LogP) is 3.62. The van der Waals surface area contributed by atoms with Gasteiger partial charge in [0.15, 0.2) is 0 Å². The molecule has 154 valence electrons. The van der Waals surface area contributed by atoms with Gasteiger partial charge in [-0.25, -0.2) is 0 Å². The Hall–Kier alpha value is -3.61. The molecular formula is C23H24N4O3. The van der Waals surface area contributed by atoms with Gasteiger partial charge in [0.1, 0.15) is 5.69 Å². The summed E-state index contributed by atoms with van der Waals surface area (Å²) in [4.78, 5) is 41.7. The first-order chi connectivity index (χ1) is 14.5. The van der Waals surface area contributed by atoms with Gasteiger partial charge in [-0.3, -0.25) is 14.4 Å². The highest BCUT2D eigenvalue weighted by Gasteiger charge is 2.29. The van der Waals surface area contributed by atoms with Crippen molar-refractivity contribution in [1.82, 2.24) is 9.88 Å². The summed E-state index contributed by atoms with van der Waals surface area (Å²) in [6.45, 7) is 2.48. The largest absolute Gasteiger partial charge is 0.351 e. The number of likely N-dealkylation sites (tertiary alicyclic amines) is 1. The number of hydrogen-bond donors (Lipinski definition) is 3. The van der Waals surface area contributed by atoms with E-state index in [9.17, 15) is 14.4 Å². The molecule has 1 atom stereocenters. The van der Waals surface area contributed by atoms with Crippen molar-refractivity contribution in [2.24, 2.45) is 5.92 Å². The maximum atomic E-state index is 12.9. The number of anilines is 2. The number of carbonyl (C=O) groups is 3. The molecule has 3 N–H and O–H groups in total. The van der Waals surface area contributed by atoms with Crippen molar-refractivity contribution in [3.63, 3.8) is 0 Å². The van der Waals surface area contributed by atoms with E-state index >= 15 is 0 Å². The summed E-state index contributed by atoms with van der Waals surface area (Å²) in [5.74, 6) is -0.587. The fourth-order valence-corrected chi connectivity index (χ4v) is 3.82. The van der Waals surface area contributed by atoms with Gasteiger partial charge in [-0.1, -0.05) is 18.2 Å². The van der Waals surface area contributed by atoms with Gasteiger partial charge < -0.3 is 20.5 Å². The molecule has 1 aromatic heterocycles. The zero-order valence-corrected chi connectivity index (χ0v) is 16.8. The lowest BCUT2D eigenvalue weighted by atomic mass is 9.96. The van der Waals surface area contributed by atoms with Crippen LogP contribution in [-0.4, -0.2) is 40.7 Å². The number of nitrogens with zero attached hydrogens (tertiary/aromatic N) is 1. The van der Waals surface area contributed by atoms with E-state index in [0.717, 1.165) is 23.7 Å². The van der Waals surface area contributed by atoms with Crippen LogP contribution in [0.5, 0.6) is 0 Å². The number of nitrogens with one attached hydrogen (secondary N) is 3. The van der Waals surface area contributed by atoms with Crippen molar-refractivity contribution in [1.29, 1.82) is 0 Å². The van der Waals surface area contributed by atoms with Crippen LogP contribution in [0.15, 0.2) is 54.6 Å². The topological polar surface area (TPSA) is 94.3 Å². The van der Waals surface area contributed by atoms with Crippen molar-refractivity contribution in [3.05, 3.63) is 60.3 Å². The van der Waals surface area contributed by atoms with Crippen LogP contribution in [0, 0.1) is 5.92 Å².